The van der Waals surface area contributed by atoms with Gasteiger partial charge in [-0.25, -0.2) is 4.98 Å². The fourth-order valence-corrected chi connectivity index (χ4v) is 2.32. The van der Waals surface area contributed by atoms with Gasteiger partial charge in [0.1, 0.15) is 11.5 Å². The molecule has 1 aromatic carbocycles. The second-order valence-corrected chi connectivity index (χ2v) is 4.96. The first kappa shape index (κ1) is 13.4. The first-order valence-electron chi connectivity index (χ1n) is 6.38. The normalized spacial score (nSPS) is 10.5. The van der Waals surface area contributed by atoms with E-state index in [-0.39, 0.29) is 5.91 Å². The van der Waals surface area contributed by atoms with Gasteiger partial charge in [-0.2, -0.15) is 0 Å². The summed E-state index contributed by atoms with van der Waals surface area (Å²) in [6, 6.07) is 9.53. The summed E-state index contributed by atoms with van der Waals surface area (Å²) >= 11 is 1.02. The van der Waals surface area contributed by atoms with E-state index in [2.05, 4.69) is 30.4 Å². The third-order valence-electron chi connectivity index (χ3n) is 2.84. The molecular weight excluding hydrogens is 288 g/mol. The maximum atomic E-state index is 12.2. The number of hydrogen-bond acceptors (Lipinski definition) is 7. The zero-order valence-corrected chi connectivity index (χ0v) is 12.0. The standard InChI is InChI=1S/C13H12N6OS/c1-2-14-11-9-6-4-3-5-8(9)7-10(15-11)12(20)16-13-17-18-19-21-13/h3-7H,2H2,1H3,(H,14,15)(H,16,17,19,20). The van der Waals surface area contributed by atoms with Crippen molar-refractivity contribution in [3.63, 3.8) is 0 Å². The number of pyridine rings is 1. The average Bonchev–Trinajstić information content (AvgIpc) is 3.00. The molecule has 0 spiro atoms. The highest BCUT2D eigenvalue weighted by atomic mass is 32.1. The van der Waals surface area contributed by atoms with Gasteiger partial charge in [0.2, 0.25) is 5.13 Å². The molecule has 0 unspecified atom stereocenters. The van der Waals surface area contributed by atoms with Gasteiger partial charge in [0.05, 0.1) is 0 Å². The molecule has 0 bridgehead atoms. The number of nitrogens with one attached hydrogen (secondary N) is 2. The minimum atomic E-state index is -0.335. The zero-order valence-electron chi connectivity index (χ0n) is 11.2. The maximum Gasteiger partial charge on any atom is 0.276 e. The van der Waals surface area contributed by atoms with Gasteiger partial charge in [-0.1, -0.05) is 33.9 Å². The molecule has 3 aromatic rings. The zero-order chi connectivity index (χ0) is 14.7. The Labute approximate surface area is 124 Å². The van der Waals surface area contributed by atoms with Crippen LogP contribution in [0.3, 0.4) is 0 Å². The van der Waals surface area contributed by atoms with E-state index in [1.807, 2.05) is 31.2 Å². The smallest absolute Gasteiger partial charge is 0.276 e. The van der Waals surface area contributed by atoms with Crippen LogP contribution in [0.4, 0.5) is 10.9 Å². The first-order chi connectivity index (χ1) is 10.3. The quantitative estimate of drug-likeness (QED) is 0.767. The van der Waals surface area contributed by atoms with Crippen LogP contribution in [0, 0.1) is 0 Å². The Balaban J connectivity index is 2.00. The summed E-state index contributed by atoms with van der Waals surface area (Å²) < 4.78 is 3.60. The second kappa shape index (κ2) is 5.80. The second-order valence-electron chi connectivity index (χ2n) is 4.23. The minimum Gasteiger partial charge on any atom is -0.370 e. The lowest BCUT2D eigenvalue weighted by molar-refractivity contribution is 0.102. The molecule has 7 nitrogen and oxygen atoms in total. The Morgan fingerprint density at radius 1 is 1.33 bits per heavy atom. The van der Waals surface area contributed by atoms with Gasteiger partial charge >= 0.3 is 0 Å². The molecule has 0 aliphatic rings. The highest BCUT2D eigenvalue weighted by molar-refractivity contribution is 7.09. The number of nitrogens with zero attached hydrogens (tertiary/aromatic N) is 4. The molecular formula is C13H12N6OS. The van der Waals surface area contributed by atoms with Crippen LogP contribution in [-0.4, -0.2) is 32.2 Å². The van der Waals surface area contributed by atoms with Crippen molar-refractivity contribution in [3.8, 4) is 0 Å². The molecule has 0 aliphatic carbocycles. The maximum absolute atomic E-state index is 12.2. The number of carbonyl (C=O) groups is 1. The third-order valence-corrected chi connectivity index (χ3v) is 3.35. The Morgan fingerprint density at radius 3 is 2.95 bits per heavy atom. The Morgan fingerprint density at radius 2 is 2.19 bits per heavy atom. The van der Waals surface area contributed by atoms with Crippen molar-refractivity contribution in [2.24, 2.45) is 0 Å². The fraction of sp³-hybridized carbons (Fsp3) is 0.154. The molecule has 3 rings (SSSR count). The fourth-order valence-electron chi connectivity index (χ4n) is 1.96. The molecule has 0 saturated heterocycles. The highest BCUT2D eigenvalue weighted by Gasteiger charge is 2.13. The topological polar surface area (TPSA) is 92.7 Å². The van der Waals surface area contributed by atoms with Crippen molar-refractivity contribution >= 4 is 39.2 Å². The molecule has 0 atom stereocenters. The average molecular weight is 300 g/mol. The van der Waals surface area contributed by atoms with Gasteiger partial charge in [0.25, 0.3) is 5.91 Å². The molecule has 0 saturated carbocycles. The number of anilines is 2. The van der Waals surface area contributed by atoms with E-state index in [0.717, 1.165) is 28.8 Å². The monoisotopic (exact) mass is 300 g/mol. The largest absolute Gasteiger partial charge is 0.370 e. The van der Waals surface area contributed by atoms with Gasteiger partial charge in [-0.3, -0.25) is 10.1 Å². The van der Waals surface area contributed by atoms with Crippen LogP contribution < -0.4 is 10.6 Å². The summed E-state index contributed by atoms with van der Waals surface area (Å²) in [6.07, 6.45) is 0. The molecule has 2 aromatic heterocycles. The number of aromatic nitrogens is 4. The summed E-state index contributed by atoms with van der Waals surface area (Å²) in [4.78, 5) is 16.6. The predicted octanol–water partition coefficient (Wildman–Crippen LogP) is 2.17. The van der Waals surface area contributed by atoms with E-state index in [0.29, 0.717) is 16.6 Å². The van der Waals surface area contributed by atoms with Crippen molar-refractivity contribution in [1.82, 2.24) is 19.8 Å². The lowest BCUT2D eigenvalue weighted by Crippen LogP contribution is -2.15. The van der Waals surface area contributed by atoms with Crippen molar-refractivity contribution in [3.05, 3.63) is 36.0 Å². The summed E-state index contributed by atoms with van der Waals surface area (Å²) in [5.74, 6) is 0.356. The highest BCUT2D eigenvalue weighted by Crippen LogP contribution is 2.23. The molecule has 0 aliphatic heterocycles. The van der Waals surface area contributed by atoms with Crippen LogP contribution in [0.15, 0.2) is 30.3 Å². The SMILES string of the molecule is CCNc1nc(C(=O)Nc2nnns2)cc2ccccc12. The summed E-state index contributed by atoms with van der Waals surface area (Å²) in [7, 11) is 0. The van der Waals surface area contributed by atoms with Crippen molar-refractivity contribution in [1.29, 1.82) is 0 Å². The molecule has 106 valence electrons. The van der Waals surface area contributed by atoms with E-state index in [1.165, 1.54) is 0 Å². The van der Waals surface area contributed by atoms with Crippen LogP contribution in [0.1, 0.15) is 17.4 Å². The van der Waals surface area contributed by atoms with Gasteiger partial charge in [0.15, 0.2) is 0 Å². The third kappa shape index (κ3) is 2.79. The molecule has 2 heterocycles. The lowest BCUT2D eigenvalue weighted by Gasteiger charge is -2.09. The summed E-state index contributed by atoms with van der Waals surface area (Å²) in [5, 5.41) is 15.2. The van der Waals surface area contributed by atoms with E-state index in [4.69, 9.17) is 0 Å². The Hall–Kier alpha value is -2.61. The minimum absolute atomic E-state index is 0.319. The van der Waals surface area contributed by atoms with Crippen LogP contribution in [0.25, 0.3) is 10.8 Å². The molecule has 2 N–H and O–H groups in total. The number of fused-ring (bicyclic) bond motifs is 1. The van der Waals surface area contributed by atoms with Crippen LogP contribution in [0.5, 0.6) is 0 Å². The van der Waals surface area contributed by atoms with Gasteiger partial charge in [-0.05, 0) is 23.6 Å². The number of hydrogen-bond donors (Lipinski definition) is 2. The van der Waals surface area contributed by atoms with E-state index < -0.39 is 0 Å². The van der Waals surface area contributed by atoms with Gasteiger partial charge in [-0.15, -0.1) is 0 Å². The van der Waals surface area contributed by atoms with Gasteiger partial charge in [0, 0.05) is 23.5 Å². The van der Waals surface area contributed by atoms with Gasteiger partial charge < -0.3 is 5.32 Å². The van der Waals surface area contributed by atoms with E-state index >= 15 is 0 Å². The summed E-state index contributed by atoms with van der Waals surface area (Å²) in [6.45, 7) is 2.71. The van der Waals surface area contributed by atoms with Crippen LogP contribution in [0.2, 0.25) is 0 Å². The Kier molecular flexibility index (Phi) is 3.69. The van der Waals surface area contributed by atoms with E-state index in [9.17, 15) is 4.79 Å². The molecule has 8 heteroatoms. The number of benzene rings is 1. The van der Waals surface area contributed by atoms with Crippen LogP contribution >= 0.6 is 11.5 Å². The van der Waals surface area contributed by atoms with Crippen molar-refractivity contribution < 1.29 is 4.79 Å². The Bertz CT molecular complexity index is 773. The lowest BCUT2D eigenvalue weighted by atomic mass is 10.1. The van der Waals surface area contributed by atoms with Crippen molar-refractivity contribution in [2.75, 3.05) is 17.2 Å². The predicted molar refractivity (Wildman–Crippen MR) is 81.6 cm³/mol. The van der Waals surface area contributed by atoms with Crippen LogP contribution in [-0.2, 0) is 0 Å². The molecule has 0 radical (unpaired) electrons. The molecule has 1 amide bonds. The van der Waals surface area contributed by atoms with Crippen molar-refractivity contribution in [2.45, 2.75) is 6.92 Å². The number of rotatable bonds is 4. The van der Waals surface area contributed by atoms with E-state index in [1.54, 1.807) is 6.07 Å². The molecule has 21 heavy (non-hydrogen) atoms. The molecule has 0 fully saturated rings. The first-order valence-corrected chi connectivity index (χ1v) is 7.15. The number of amides is 1. The number of carbonyl (C=O) groups excluding carboxylic acids is 1. The summed E-state index contributed by atoms with van der Waals surface area (Å²) in [5.41, 5.74) is 0.319.